The van der Waals surface area contributed by atoms with Gasteiger partial charge in [-0.3, -0.25) is 0 Å². The Morgan fingerprint density at radius 3 is 1.32 bits per heavy atom. The molecule has 2 heterocycles. The zero-order valence-corrected chi connectivity index (χ0v) is 31.8. The molecule has 3 aromatic carbocycles. The van der Waals surface area contributed by atoms with Gasteiger partial charge >= 0.3 is 0 Å². The first kappa shape index (κ1) is 35.1. The van der Waals surface area contributed by atoms with E-state index in [1.807, 2.05) is 0 Å². The van der Waals surface area contributed by atoms with E-state index in [2.05, 4.69) is 144 Å². The molecule has 0 unspecified atom stereocenters. The standard InChI is InChI=1S/C41H55N2O3P/c1-38(2,3)29-22-26(23-30(35(29)44-13)39(4,5)6)47(31-20-16-14-18-27(31)36-42-33(24-45-36)40(7,8)9)32-21-17-15-19-28(32)37-43-34(25-46-37)41(10,11)12/h14-23,33-34H,24-25H2,1-13H3/t33-,34-/m0/s1. The maximum atomic E-state index is 6.41. The SMILES string of the molecule is COc1c(C(C)(C)C)cc(P(c2ccccc2C2=N[C@H](C(C)(C)C)CO2)c2ccccc2C2=N[C@H](C(C)(C)C)CO2)cc1C(C)(C)C. The average molecular weight is 655 g/mol. The molecule has 0 saturated carbocycles. The molecule has 0 bridgehead atoms. The maximum absolute atomic E-state index is 6.41. The van der Waals surface area contributed by atoms with Crippen LogP contribution >= 0.6 is 7.92 Å². The van der Waals surface area contributed by atoms with E-state index < -0.39 is 7.92 Å². The molecule has 3 aromatic rings. The van der Waals surface area contributed by atoms with Gasteiger partial charge in [0.15, 0.2) is 0 Å². The van der Waals surface area contributed by atoms with Gasteiger partial charge in [-0.1, -0.05) is 119 Å². The molecular formula is C41H55N2O3P. The van der Waals surface area contributed by atoms with Crippen molar-refractivity contribution in [2.24, 2.45) is 20.8 Å². The lowest BCUT2D eigenvalue weighted by Crippen LogP contribution is -2.31. The zero-order chi connectivity index (χ0) is 34.5. The molecule has 2 aliphatic heterocycles. The van der Waals surface area contributed by atoms with Gasteiger partial charge in [0.25, 0.3) is 0 Å². The molecule has 0 N–H and O–H groups in total. The molecule has 0 amide bonds. The van der Waals surface area contributed by atoms with Crippen LogP contribution in [0.3, 0.4) is 0 Å². The third-order valence-corrected chi connectivity index (χ3v) is 11.7. The van der Waals surface area contributed by atoms with E-state index >= 15 is 0 Å². The van der Waals surface area contributed by atoms with Crippen LogP contribution in [0.5, 0.6) is 5.75 Å². The summed E-state index contributed by atoms with van der Waals surface area (Å²) < 4.78 is 19.0. The molecule has 0 aliphatic carbocycles. The van der Waals surface area contributed by atoms with Crippen LogP contribution in [0.25, 0.3) is 0 Å². The van der Waals surface area contributed by atoms with Crippen LogP contribution in [-0.2, 0) is 20.3 Å². The first-order chi connectivity index (χ1) is 21.8. The smallest absolute Gasteiger partial charge is 0.217 e. The molecule has 0 fully saturated rings. The summed E-state index contributed by atoms with van der Waals surface area (Å²) in [5, 5.41) is 3.67. The van der Waals surface area contributed by atoms with E-state index in [1.54, 1.807) is 7.11 Å². The number of rotatable bonds is 6. The molecule has 5 rings (SSSR count). The lowest BCUT2D eigenvalue weighted by Gasteiger charge is -2.32. The average Bonchev–Trinajstić information content (AvgIpc) is 3.68. The Balaban J connectivity index is 1.83. The lowest BCUT2D eigenvalue weighted by molar-refractivity contribution is 0.235. The van der Waals surface area contributed by atoms with E-state index in [0.717, 1.165) is 28.7 Å². The van der Waals surface area contributed by atoms with E-state index in [4.69, 9.17) is 24.2 Å². The fourth-order valence-corrected chi connectivity index (χ4v) is 8.74. The summed E-state index contributed by atoms with van der Waals surface area (Å²) in [5.41, 5.74) is 4.24. The van der Waals surface area contributed by atoms with Crippen LogP contribution in [0.2, 0.25) is 0 Å². The molecule has 0 aromatic heterocycles. The minimum Gasteiger partial charge on any atom is -0.496 e. The topological polar surface area (TPSA) is 52.4 Å². The number of benzene rings is 3. The number of ether oxygens (including phenoxy) is 3. The van der Waals surface area contributed by atoms with Crippen LogP contribution in [0.4, 0.5) is 0 Å². The highest BCUT2D eigenvalue weighted by Crippen LogP contribution is 2.44. The summed E-state index contributed by atoms with van der Waals surface area (Å²) in [6, 6.07) is 22.3. The zero-order valence-electron chi connectivity index (χ0n) is 30.9. The van der Waals surface area contributed by atoms with Gasteiger partial charge in [-0.2, -0.15) is 0 Å². The molecule has 47 heavy (non-hydrogen) atoms. The third kappa shape index (κ3) is 7.31. The first-order valence-electron chi connectivity index (χ1n) is 16.9. The second-order valence-corrected chi connectivity index (χ2v) is 19.3. The maximum Gasteiger partial charge on any atom is 0.217 e. The largest absolute Gasteiger partial charge is 0.496 e. The van der Waals surface area contributed by atoms with E-state index in [1.165, 1.54) is 27.0 Å². The predicted octanol–water partition coefficient (Wildman–Crippen LogP) is 8.43. The second-order valence-electron chi connectivity index (χ2n) is 17.2. The number of aliphatic imine (C=N–C) groups is 2. The van der Waals surface area contributed by atoms with Crippen LogP contribution in [-0.4, -0.2) is 44.2 Å². The van der Waals surface area contributed by atoms with Gasteiger partial charge in [-0.05, 0) is 69.8 Å². The van der Waals surface area contributed by atoms with Crippen molar-refractivity contribution in [1.82, 2.24) is 0 Å². The van der Waals surface area contributed by atoms with Gasteiger partial charge in [0.05, 0.1) is 19.2 Å². The first-order valence-corrected chi connectivity index (χ1v) is 18.3. The summed E-state index contributed by atoms with van der Waals surface area (Å²) in [4.78, 5) is 10.3. The van der Waals surface area contributed by atoms with Crippen LogP contribution in [0.1, 0.15) is 105 Å². The Morgan fingerprint density at radius 1 is 0.617 bits per heavy atom. The van der Waals surface area contributed by atoms with Crippen molar-refractivity contribution in [1.29, 1.82) is 0 Å². The number of nitrogens with zero attached hydrogens (tertiary/aromatic N) is 2. The molecule has 0 spiro atoms. The van der Waals surface area contributed by atoms with Gasteiger partial charge in [0, 0.05) is 22.3 Å². The van der Waals surface area contributed by atoms with Crippen molar-refractivity contribution in [3.05, 3.63) is 82.9 Å². The minimum atomic E-state index is -1.13. The Kier molecular flexibility index (Phi) is 9.49. The Labute approximate surface area is 285 Å². The van der Waals surface area contributed by atoms with Crippen molar-refractivity contribution in [3.8, 4) is 5.75 Å². The van der Waals surface area contributed by atoms with Crippen molar-refractivity contribution in [2.45, 2.75) is 106 Å². The van der Waals surface area contributed by atoms with Gasteiger partial charge in [-0.15, -0.1) is 0 Å². The van der Waals surface area contributed by atoms with Gasteiger partial charge < -0.3 is 14.2 Å². The van der Waals surface area contributed by atoms with Crippen LogP contribution < -0.4 is 20.7 Å². The van der Waals surface area contributed by atoms with E-state index in [-0.39, 0.29) is 33.7 Å². The highest BCUT2D eigenvalue weighted by atomic mass is 31.1. The third-order valence-electron chi connectivity index (χ3n) is 9.20. The van der Waals surface area contributed by atoms with E-state index in [0.29, 0.717) is 13.2 Å². The number of hydrogen-bond acceptors (Lipinski definition) is 5. The molecule has 6 heteroatoms. The van der Waals surface area contributed by atoms with Crippen LogP contribution in [0, 0.1) is 10.8 Å². The quantitative estimate of drug-likeness (QED) is 0.251. The molecule has 0 radical (unpaired) electrons. The molecular weight excluding hydrogens is 599 g/mol. The van der Waals surface area contributed by atoms with Crippen molar-refractivity contribution < 1.29 is 14.2 Å². The molecule has 0 saturated heterocycles. The Morgan fingerprint density at radius 2 is 1.00 bits per heavy atom. The summed E-state index contributed by atoms with van der Waals surface area (Å²) in [5.74, 6) is 2.43. The minimum absolute atomic E-state index is 0.00871. The van der Waals surface area contributed by atoms with Gasteiger partial charge in [0.1, 0.15) is 19.0 Å². The number of hydrogen-bond donors (Lipinski definition) is 0. The molecule has 2 aliphatic rings. The highest BCUT2D eigenvalue weighted by molar-refractivity contribution is 7.80. The van der Waals surface area contributed by atoms with Crippen molar-refractivity contribution in [2.75, 3.05) is 20.3 Å². The predicted molar refractivity (Wildman–Crippen MR) is 201 cm³/mol. The second kappa shape index (κ2) is 12.7. The number of methoxy groups -OCH3 is 1. The summed E-state index contributed by atoms with van der Waals surface area (Å²) in [6.07, 6.45) is 0. The van der Waals surface area contributed by atoms with E-state index in [9.17, 15) is 0 Å². The van der Waals surface area contributed by atoms with Crippen molar-refractivity contribution in [3.63, 3.8) is 0 Å². The van der Waals surface area contributed by atoms with Gasteiger partial charge in [-0.25, -0.2) is 9.98 Å². The fourth-order valence-electron chi connectivity index (χ4n) is 6.11. The van der Waals surface area contributed by atoms with Gasteiger partial charge in [0.2, 0.25) is 11.8 Å². The molecule has 2 atom stereocenters. The van der Waals surface area contributed by atoms with Crippen molar-refractivity contribution >= 4 is 35.6 Å². The normalized spacial score (nSPS) is 18.9. The Hall–Kier alpha value is -3.17. The Bertz CT molecular complexity index is 1560. The fraction of sp³-hybridized carbons (Fsp3) is 0.512. The molecule has 5 nitrogen and oxygen atoms in total. The summed E-state index contributed by atoms with van der Waals surface area (Å²) in [6.45, 7) is 28.2. The highest BCUT2D eigenvalue weighted by Gasteiger charge is 2.37. The summed E-state index contributed by atoms with van der Waals surface area (Å²) >= 11 is 0. The molecule has 252 valence electrons. The van der Waals surface area contributed by atoms with Crippen LogP contribution in [0.15, 0.2) is 70.6 Å². The lowest BCUT2D eigenvalue weighted by atomic mass is 9.79. The summed E-state index contributed by atoms with van der Waals surface area (Å²) in [7, 11) is 0.675. The monoisotopic (exact) mass is 654 g/mol.